The van der Waals surface area contributed by atoms with Gasteiger partial charge in [-0.25, -0.2) is 0 Å². The first kappa shape index (κ1) is 16.3. The van der Waals surface area contributed by atoms with Crippen molar-refractivity contribution in [2.24, 2.45) is 5.41 Å². The van der Waals surface area contributed by atoms with Gasteiger partial charge in [0.2, 0.25) is 11.8 Å². The van der Waals surface area contributed by atoms with E-state index in [4.69, 9.17) is 0 Å². The van der Waals surface area contributed by atoms with Crippen LogP contribution in [-0.4, -0.2) is 72.8 Å². The first-order valence-corrected chi connectivity index (χ1v) is 8.32. The Kier molecular flexibility index (Phi) is 5.25. The third-order valence-electron chi connectivity index (χ3n) is 4.63. The van der Waals surface area contributed by atoms with E-state index in [0.717, 1.165) is 65.0 Å². The van der Waals surface area contributed by atoms with Crippen LogP contribution in [0.5, 0.6) is 0 Å². The average Bonchev–Trinajstić information content (AvgIpc) is 3.28. The molecule has 1 saturated carbocycles. The molecular formula is C16H29N3O2. The van der Waals surface area contributed by atoms with E-state index < -0.39 is 5.41 Å². The fraction of sp³-hybridized carbons (Fsp3) is 0.875. The van der Waals surface area contributed by atoms with Crippen molar-refractivity contribution in [2.45, 2.75) is 39.5 Å². The molecule has 0 atom stereocenters. The third kappa shape index (κ3) is 3.39. The zero-order chi connectivity index (χ0) is 15.5. The summed E-state index contributed by atoms with van der Waals surface area (Å²) < 4.78 is 0. The number of carbonyl (C=O) groups is 2. The van der Waals surface area contributed by atoms with Crippen LogP contribution < -0.4 is 0 Å². The monoisotopic (exact) mass is 295 g/mol. The zero-order valence-corrected chi connectivity index (χ0v) is 13.7. The van der Waals surface area contributed by atoms with Crippen LogP contribution in [0.1, 0.15) is 39.5 Å². The Balaban J connectivity index is 2.03. The Morgan fingerprint density at radius 3 is 1.95 bits per heavy atom. The van der Waals surface area contributed by atoms with E-state index in [1.165, 1.54) is 0 Å². The van der Waals surface area contributed by atoms with E-state index >= 15 is 0 Å². The molecule has 0 aromatic carbocycles. The van der Waals surface area contributed by atoms with E-state index in [0.29, 0.717) is 0 Å². The van der Waals surface area contributed by atoms with E-state index in [9.17, 15) is 9.59 Å². The first-order valence-electron chi connectivity index (χ1n) is 8.32. The lowest BCUT2D eigenvalue weighted by Crippen LogP contribution is -2.53. The molecule has 21 heavy (non-hydrogen) atoms. The van der Waals surface area contributed by atoms with E-state index in [2.05, 4.69) is 25.8 Å². The highest BCUT2D eigenvalue weighted by Gasteiger charge is 2.59. The van der Waals surface area contributed by atoms with Gasteiger partial charge in [0, 0.05) is 39.3 Å². The maximum absolute atomic E-state index is 12.8. The highest BCUT2D eigenvalue weighted by molar-refractivity contribution is 6.07. The number of piperazine rings is 1. The molecule has 0 bridgehead atoms. The van der Waals surface area contributed by atoms with Gasteiger partial charge in [0.05, 0.1) is 0 Å². The summed E-state index contributed by atoms with van der Waals surface area (Å²) >= 11 is 0. The quantitative estimate of drug-likeness (QED) is 0.691. The van der Waals surface area contributed by atoms with Gasteiger partial charge in [0.15, 0.2) is 0 Å². The van der Waals surface area contributed by atoms with Gasteiger partial charge in [-0.2, -0.15) is 0 Å². The van der Waals surface area contributed by atoms with Crippen molar-refractivity contribution in [3.63, 3.8) is 0 Å². The van der Waals surface area contributed by atoms with Crippen molar-refractivity contribution >= 4 is 11.8 Å². The molecule has 0 aromatic rings. The minimum atomic E-state index is -0.708. The topological polar surface area (TPSA) is 43.9 Å². The van der Waals surface area contributed by atoms with Crippen LogP contribution in [0.4, 0.5) is 0 Å². The highest BCUT2D eigenvalue weighted by Crippen LogP contribution is 2.49. The second-order valence-corrected chi connectivity index (χ2v) is 6.47. The van der Waals surface area contributed by atoms with Gasteiger partial charge in [0.25, 0.3) is 0 Å². The predicted molar refractivity (Wildman–Crippen MR) is 82.9 cm³/mol. The molecule has 2 aliphatic rings. The molecule has 1 saturated heterocycles. The number of nitrogens with zero attached hydrogens (tertiary/aromatic N) is 3. The molecule has 1 aliphatic heterocycles. The number of hydrogen-bond acceptors (Lipinski definition) is 3. The van der Waals surface area contributed by atoms with Gasteiger partial charge in [-0.15, -0.1) is 0 Å². The molecule has 5 nitrogen and oxygen atoms in total. The van der Waals surface area contributed by atoms with Crippen molar-refractivity contribution in [3.05, 3.63) is 0 Å². The Labute approximate surface area is 128 Å². The average molecular weight is 295 g/mol. The molecule has 2 fully saturated rings. The van der Waals surface area contributed by atoms with Crippen LogP contribution in [0.25, 0.3) is 0 Å². The van der Waals surface area contributed by atoms with Crippen molar-refractivity contribution in [2.75, 3.05) is 46.3 Å². The number of hydrogen-bond donors (Lipinski definition) is 0. The smallest absolute Gasteiger partial charge is 0.238 e. The summed E-state index contributed by atoms with van der Waals surface area (Å²) in [6, 6.07) is 0. The summed E-state index contributed by atoms with van der Waals surface area (Å²) in [6.07, 6.45) is 3.37. The van der Waals surface area contributed by atoms with Gasteiger partial charge < -0.3 is 14.7 Å². The molecule has 0 spiro atoms. The first-order chi connectivity index (χ1) is 10.0. The third-order valence-corrected chi connectivity index (χ3v) is 4.63. The van der Waals surface area contributed by atoms with Gasteiger partial charge in [-0.3, -0.25) is 9.59 Å². The fourth-order valence-corrected chi connectivity index (χ4v) is 3.11. The largest absolute Gasteiger partial charge is 0.342 e. The van der Waals surface area contributed by atoms with Crippen LogP contribution in [0, 0.1) is 5.41 Å². The summed E-state index contributed by atoms with van der Waals surface area (Å²) in [6.45, 7) is 9.02. The molecule has 120 valence electrons. The molecule has 0 radical (unpaired) electrons. The molecule has 5 heteroatoms. The lowest BCUT2D eigenvalue weighted by molar-refractivity contribution is -0.150. The van der Waals surface area contributed by atoms with Gasteiger partial charge in [-0.05, 0) is 32.7 Å². The summed E-state index contributed by atoms with van der Waals surface area (Å²) in [7, 11) is 2.07. The molecule has 1 aliphatic carbocycles. The van der Waals surface area contributed by atoms with Crippen LogP contribution in [0.2, 0.25) is 0 Å². The summed E-state index contributed by atoms with van der Waals surface area (Å²) in [5, 5.41) is 0. The van der Waals surface area contributed by atoms with E-state index in [1.807, 2.05) is 9.80 Å². The molecule has 0 aromatic heterocycles. The number of likely N-dealkylation sites (N-methyl/N-ethyl adjacent to an activating group) is 1. The van der Waals surface area contributed by atoms with Crippen LogP contribution in [0.15, 0.2) is 0 Å². The van der Waals surface area contributed by atoms with Crippen molar-refractivity contribution in [1.82, 2.24) is 14.7 Å². The highest BCUT2D eigenvalue weighted by atomic mass is 16.2. The van der Waals surface area contributed by atoms with E-state index in [1.54, 1.807) is 0 Å². The molecule has 1 heterocycles. The molecule has 2 rings (SSSR count). The van der Waals surface area contributed by atoms with Gasteiger partial charge in [0.1, 0.15) is 5.41 Å². The molecule has 0 N–H and O–H groups in total. The minimum Gasteiger partial charge on any atom is -0.342 e. The van der Waals surface area contributed by atoms with Crippen molar-refractivity contribution in [1.29, 1.82) is 0 Å². The van der Waals surface area contributed by atoms with Gasteiger partial charge in [-0.1, -0.05) is 13.8 Å². The standard InChI is InChI=1S/C16H29N3O2/c1-4-8-18(9-5-2)14(20)16(6-7-16)15(21)19-12-10-17(3)11-13-19/h4-13H2,1-3H3. The molecule has 2 amide bonds. The second kappa shape index (κ2) is 6.77. The summed E-state index contributed by atoms with van der Waals surface area (Å²) in [5.41, 5.74) is -0.708. The number of carbonyl (C=O) groups excluding carboxylic acids is 2. The summed E-state index contributed by atoms with van der Waals surface area (Å²) in [5.74, 6) is 0.160. The Hall–Kier alpha value is -1.10. The van der Waals surface area contributed by atoms with Crippen molar-refractivity contribution in [3.8, 4) is 0 Å². The minimum absolute atomic E-state index is 0.0788. The van der Waals surface area contributed by atoms with Crippen molar-refractivity contribution < 1.29 is 9.59 Å². The number of rotatable bonds is 6. The summed E-state index contributed by atoms with van der Waals surface area (Å²) in [4.78, 5) is 31.7. The van der Waals surface area contributed by atoms with Crippen LogP contribution >= 0.6 is 0 Å². The maximum atomic E-state index is 12.8. The zero-order valence-electron chi connectivity index (χ0n) is 13.7. The Morgan fingerprint density at radius 2 is 1.52 bits per heavy atom. The van der Waals surface area contributed by atoms with E-state index in [-0.39, 0.29) is 11.8 Å². The Bertz CT molecular complexity index is 379. The fourth-order valence-electron chi connectivity index (χ4n) is 3.11. The Morgan fingerprint density at radius 1 is 1.00 bits per heavy atom. The predicted octanol–water partition coefficient (Wildman–Crippen LogP) is 1.19. The lowest BCUT2D eigenvalue weighted by Gasteiger charge is -2.35. The van der Waals surface area contributed by atoms with Crippen LogP contribution in [0.3, 0.4) is 0 Å². The normalized spacial score (nSPS) is 21.2. The lowest BCUT2D eigenvalue weighted by atomic mass is 10.0. The van der Waals surface area contributed by atoms with Crippen LogP contribution in [-0.2, 0) is 9.59 Å². The molecular weight excluding hydrogens is 266 g/mol. The molecule has 0 unspecified atom stereocenters. The number of amides is 2. The maximum Gasteiger partial charge on any atom is 0.238 e. The SMILES string of the molecule is CCCN(CCC)C(=O)C1(C(=O)N2CCN(C)CC2)CC1. The second-order valence-electron chi connectivity index (χ2n) is 6.47. The van der Waals surface area contributed by atoms with Gasteiger partial charge >= 0.3 is 0 Å².